The Morgan fingerprint density at radius 3 is 1.35 bits per heavy atom. The third-order valence-electron chi connectivity index (χ3n) is 7.82. The molecule has 4 aromatic heterocycles. The van der Waals surface area contributed by atoms with E-state index in [0.717, 1.165) is 54.3 Å². The molecule has 4 aromatic carbocycles. The van der Waals surface area contributed by atoms with Crippen LogP contribution in [0.3, 0.4) is 0 Å². The number of aromatic nitrogens is 4. The second-order valence-corrected chi connectivity index (χ2v) is 14.2. The largest absolute Gasteiger partial charge is 0.271 e. The van der Waals surface area contributed by atoms with Crippen molar-refractivity contribution >= 4 is 123 Å². The summed E-state index contributed by atoms with van der Waals surface area (Å²) in [4.78, 5) is 27.5. The third kappa shape index (κ3) is 11.4. The van der Waals surface area contributed by atoms with Crippen molar-refractivity contribution in [3.05, 3.63) is 169 Å². The number of aryl methyl sites for hydroxylation is 1. The van der Waals surface area contributed by atoms with Gasteiger partial charge in [-0.1, -0.05) is 76.1 Å². The van der Waals surface area contributed by atoms with Crippen LogP contribution in [0.1, 0.15) is 28.3 Å². The molecule has 0 radical (unpaired) electrons. The first-order chi connectivity index (χ1) is 26.1. The van der Waals surface area contributed by atoms with Gasteiger partial charge in [0.2, 0.25) is 0 Å². The highest BCUT2D eigenvalue weighted by atomic mass is 79.9. The number of hydrogen-bond donors (Lipinski definition) is 0. The molecular weight excluding hydrogens is 852 g/mol. The highest BCUT2D eigenvalue weighted by Gasteiger charge is 2.07. The first kappa shape index (κ1) is 41.0. The number of rotatable bonds is 5. The highest BCUT2D eigenvalue weighted by Crippen LogP contribution is 2.22. The van der Waals surface area contributed by atoms with E-state index in [1.54, 1.807) is 12.1 Å². The first-order valence-corrected chi connectivity index (χ1v) is 19.6. The molecule has 274 valence electrons. The van der Waals surface area contributed by atoms with Gasteiger partial charge in [0.15, 0.2) is 0 Å². The third-order valence-corrected chi connectivity index (χ3v) is 9.64. The molecule has 54 heavy (non-hydrogen) atoms. The Bertz CT molecular complexity index is 2360. The predicted octanol–water partition coefficient (Wildman–Crippen LogP) is 13.5. The summed E-state index contributed by atoms with van der Waals surface area (Å²) in [6.07, 6.45) is 0. The molecular formula is C41H31BrCl5N5O2. The van der Waals surface area contributed by atoms with Crippen molar-refractivity contribution in [1.82, 2.24) is 19.9 Å². The van der Waals surface area contributed by atoms with Crippen molar-refractivity contribution in [3.63, 3.8) is 0 Å². The van der Waals surface area contributed by atoms with Crippen molar-refractivity contribution < 1.29 is 4.92 Å². The Balaban J connectivity index is 0.000000139. The van der Waals surface area contributed by atoms with Crippen LogP contribution < -0.4 is 0 Å². The van der Waals surface area contributed by atoms with Crippen molar-refractivity contribution in [2.24, 2.45) is 0 Å². The van der Waals surface area contributed by atoms with E-state index in [-0.39, 0.29) is 5.69 Å². The quantitative estimate of drug-likeness (QED) is 0.0971. The van der Waals surface area contributed by atoms with Crippen molar-refractivity contribution in [1.29, 1.82) is 0 Å². The van der Waals surface area contributed by atoms with E-state index in [2.05, 4.69) is 67.1 Å². The molecule has 8 rings (SSSR count). The Kier molecular flexibility index (Phi) is 15.2. The van der Waals surface area contributed by atoms with Crippen LogP contribution in [0.5, 0.6) is 0 Å². The SMILES string of the molecule is Cc1ccc2ccc(CCl)nc2c1.ClCc1ccc2ccc(Br)cc2n1.ClCc1ccc2ccc(Cl)cc2n1.O=[N+]([O-])c1ccc2ccc(CCl)nc2c1. The van der Waals surface area contributed by atoms with Crippen LogP contribution in [0, 0.1) is 17.0 Å². The molecule has 0 aliphatic rings. The number of nitro groups is 1. The Hall–Kier alpha value is -4.15. The maximum Gasteiger partial charge on any atom is 0.271 e. The fraction of sp³-hybridized carbons (Fsp3) is 0.122. The van der Waals surface area contributed by atoms with E-state index < -0.39 is 4.92 Å². The van der Waals surface area contributed by atoms with E-state index >= 15 is 0 Å². The van der Waals surface area contributed by atoms with Crippen LogP contribution in [0.15, 0.2) is 126 Å². The molecule has 0 saturated carbocycles. The van der Waals surface area contributed by atoms with Crippen molar-refractivity contribution in [2.45, 2.75) is 30.4 Å². The average molecular weight is 883 g/mol. The van der Waals surface area contributed by atoms with Gasteiger partial charge in [0.05, 0.1) is 73.3 Å². The standard InChI is InChI=1S/C11H10ClN.C10H7BrClN.C10H7Cl2N.C10H7ClN2O2/c1-8-2-3-9-4-5-10(7-12)13-11(9)6-8;11-8-3-1-7-2-4-9(6-12)13-10(7)5-8;11-6-9-4-2-7-1-3-8(12)5-10(7)13-9;11-6-8-3-1-7-2-4-9(13(14)15)5-10(7)12-8/h2-6H,7H2,1H3;2*1-5H,6H2;1-5H,6H2. The van der Waals surface area contributed by atoms with Gasteiger partial charge in [-0.3, -0.25) is 30.1 Å². The number of nitrogens with zero attached hydrogens (tertiary/aromatic N) is 5. The van der Waals surface area contributed by atoms with Crippen LogP contribution in [-0.2, 0) is 23.5 Å². The lowest BCUT2D eigenvalue weighted by Gasteiger charge is -2.00. The van der Waals surface area contributed by atoms with E-state index in [1.165, 1.54) is 23.1 Å². The Morgan fingerprint density at radius 1 is 0.519 bits per heavy atom. The maximum atomic E-state index is 10.6. The van der Waals surface area contributed by atoms with Crippen LogP contribution in [-0.4, -0.2) is 24.9 Å². The predicted molar refractivity (Wildman–Crippen MR) is 229 cm³/mol. The minimum absolute atomic E-state index is 0.0433. The molecule has 8 aromatic rings. The summed E-state index contributed by atoms with van der Waals surface area (Å²) in [5.74, 6) is 1.67. The van der Waals surface area contributed by atoms with E-state index in [9.17, 15) is 10.1 Å². The van der Waals surface area contributed by atoms with Gasteiger partial charge in [0, 0.05) is 43.2 Å². The van der Waals surface area contributed by atoms with Crippen LogP contribution in [0.25, 0.3) is 43.6 Å². The minimum atomic E-state index is -0.436. The smallest absolute Gasteiger partial charge is 0.258 e. The lowest BCUT2D eigenvalue weighted by molar-refractivity contribution is -0.384. The first-order valence-electron chi connectivity index (χ1n) is 16.3. The fourth-order valence-electron chi connectivity index (χ4n) is 5.09. The monoisotopic (exact) mass is 879 g/mol. The normalized spacial score (nSPS) is 10.6. The molecule has 7 nitrogen and oxygen atoms in total. The molecule has 13 heteroatoms. The molecule has 4 heterocycles. The average Bonchev–Trinajstić information content (AvgIpc) is 3.20. The number of benzene rings is 4. The molecule has 0 N–H and O–H groups in total. The number of fused-ring (bicyclic) bond motifs is 4. The minimum Gasteiger partial charge on any atom is -0.258 e. The van der Waals surface area contributed by atoms with Gasteiger partial charge in [-0.2, -0.15) is 0 Å². The topological polar surface area (TPSA) is 94.7 Å². The number of halogens is 6. The Labute approximate surface area is 345 Å². The molecule has 0 aliphatic carbocycles. The number of non-ortho nitro benzene ring substituents is 1. The number of nitro benzene ring substituents is 1. The van der Waals surface area contributed by atoms with Crippen LogP contribution in [0.4, 0.5) is 5.69 Å². The summed E-state index contributed by atoms with van der Waals surface area (Å²) in [7, 11) is 0. The lowest BCUT2D eigenvalue weighted by atomic mass is 10.1. The second-order valence-electron chi connectivity index (χ2n) is 11.7. The molecule has 0 atom stereocenters. The molecule has 0 spiro atoms. The van der Waals surface area contributed by atoms with E-state index in [4.69, 9.17) is 58.0 Å². The van der Waals surface area contributed by atoms with Gasteiger partial charge in [0.25, 0.3) is 5.69 Å². The number of hydrogen-bond acceptors (Lipinski definition) is 6. The Morgan fingerprint density at radius 2 is 0.889 bits per heavy atom. The van der Waals surface area contributed by atoms with Crippen molar-refractivity contribution in [3.8, 4) is 0 Å². The van der Waals surface area contributed by atoms with Gasteiger partial charge in [-0.15, -0.1) is 46.4 Å². The van der Waals surface area contributed by atoms with Gasteiger partial charge in [-0.25, -0.2) is 0 Å². The zero-order valence-corrected chi connectivity index (χ0v) is 34.1. The lowest BCUT2D eigenvalue weighted by Crippen LogP contribution is -1.90. The summed E-state index contributed by atoms with van der Waals surface area (Å²) in [6, 6.07) is 38.1. The second kappa shape index (κ2) is 20.0. The molecule has 0 amide bonds. The van der Waals surface area contributed by atoms with Crippen LogP contribution >= 0.6 is 73.9 Å². The highest BCUT2D eigenvalue weighted by molar-refractivity contribution is 9.10. The van der Waals surface area contributed by atoms with Crippen molar-refractivity contribution in [2.75, 3.05) is 0 Å². The van der Waals surface area contributed by atoms with Gasteiger partial charge < -0.3 is 0 Å². The van der Waals surface area contributed by atoms with Crippen LogP contribution in [0.2, 0.25) is 5.02 Å². The maximum absolute atomic E-state index is 10.6. The number of pyridine rings is 4. The fourth-order valence-corrected chi connectivity index (χ4v) is 6.20. The molecule has 0 unspecified atom stereocenters. The summed E-state index contributed by atoms with van der Waals surface area (Å²) < 4.78 is 1.04. The summed E-state index contributed by atoms with van der Waals surface area (Å²) in [6.45, 7) is 2.06. The zero-order chi connectivity index (χ0) is 38.6. The van der Waals surface area contributed by atoms with Gasteiger partial charge >= 0.3 is 0 Å². The molecule has 0 saturated heterocycles. The number of alkyl halides is 4. The van der Waals surface area contributed by atoms with E-state index in [1.807, 2.05) is 72.8 Å². The summed E-state index contributed by atoms with van der Waals surface area (Å²) >= 11 is 31.9. The molecule has 0 fully saturated rings. The van der Waals surface area contributed by atoms with E-state index in [0.29, 0.717) is 39.8 Å². The summed E-state index contributed by atoms with van der Waals surface area (Å²) in [5.41, 5.74) is 8.19. The molecule has 0 bridgehead atoms. The molecule has 0 aliphatic heterocycles. The zero-order valence-electron chi connectivity index (χ0n) is 28.7. The summed E-state index contributed by atoms with van der Waals surface area (Å²) in [5, 5.41) is 15.5. The van der Waals surface area contributed by atoms with Gasteiger partial charge in [0.1, 0.15) is 0 Å². The van der Waals surface area contributed by atoms with Gasteiger partial charge in [-0.05, 0) is 73.2 Å².